The standard InChI is InChI=1S/C20H19N3O3.ClH/c1-13-21-18(14-7-9-17(25-2)10-8-14)12-19(22-13)23-16-6-4-5-15(11-16)20(24)26-3;/h4-12H,1-3H3,(H,21,22,23);1H. The largest absolute Gasteiger partial charge is 0.497 e. The van der Waals surface area contributed by atoms with Gasteiger partial charge in [0.1, 0.15) is 17.4 Å². The van der Waals surface area contributed by atoms with Crippen LogP contribution in [0.5, 0.6) is 5.75 Å². The van der Waals surface area contributed by atoms with Gasteiger partial charge in [-0.15, -0.1) is 12.4 Å². The highest BCUT2D eigenvalue weighted by atomic mass is 35.5. The topological polar surface area (TPSA) is 73.3 Å². The zero-order chi connectivity index (χ0) is 18.5. The molecule has 1 aromatic heterocycles. The molecule has 27 heavy (non-hydrogen) atoms. The van der Waals surface area contributed by atoms with Crippen LogP contribution in [0, 0.1) is 6.92 Å². The van der Waals surface area contributed by atoms with Crippen LogP contribution in [-0.2, 0) is 4.74 Å². The van der Waals surface area contributed by atoms with Crippen LogP contribution < -0.4 is 10.1 Å². The highest BCUT2D eigenvalue weighted by molar-refractivity contribution is 5.90. The van der Waals surface area contributed by atoms with Crippen LogP contribution in [0.2, 0.25) is 0 Å². The number of carbonyl (C=O) groups is 1. The fraction of sp³-hybridized carbons (Fsp3) is 0.150. The number of halogens is 1. The van der Waals surface area contributed by atoms with E-state index in [9.17, 15) is 4.79 Å². The highest BCUT2D eigenvalue weighted by Crippen LogP contribution is 2.24. The summed E-state index contributed by atoms with van der Waals surface area (Å²) in [6.45, 7) is 1.84. The van der Waals surface area contributed by atoms with Crippen LogP contribution in [0.25, 0.3) is 11.3 Å². The van der Waals surface area contributed by atoms with Crippen molar-refractivity contribution in [1.29, 1.82) is 0 Å². The molecule has 2 aromatic carbocycles. The van der Waals surface area contributed by atoms with Crippen molar-refractivity contribution in [3.63, 3.8) is 0 Å². The van der Waals surface area contributed by atoms with Gasteiger partial charge in [-0.3, -0.25) is 0 Å². The summed E-state index contributed by atoms with van der Waals surface area (Å²) in [6.07, 6.45) is 0. The Labute approximate surface area is 164 Å². The second-order valence-electron chi connectivity index (χ2n) is 5.61. The summed E-state index contributed by atoms with van der Waals surface area (Å²) < 4.78 is 9.94. The maximum atomic E-state index is 11.7. The molecule has 0 radical (unpaired) electrons. The van der Waals surface area contributed by atoms with Crippen molar-refractivity contribution in [2.24, 2.45) is 0 Å². The number of ether oxygens (including phenoxy) is 2. The highest BCUT2D eigenvalue weighted by Gasteiger charge is 2.08. The lowest BCUT2D eigenvalue weighted by atomic mass is 10.1. The molecule has 140 valence electrons. The summed E-state index contributed by atoms with van der Waals surface area (Å²) in [5.41, 5.74) is 2.97. The molecule has 0 aliphatic rings. The number of benzene rings is 2. The first-order chi connectivity index (χ1) is 12.6. The van der Waals surface area contributed by atoms with Gasteiger partial charge in [0, 0.05) is 17.3 Å². The van der Waals surface area contributed by atoms with E-state index in [0.29, 0.717) is 17.2 Å². The summed E-state index contributed by atoms with van der Waals surface area (Å²) in [5.74, 6) is 1.69. The number of esters is 1. The lowest BCUT2D eigenvalue weighted by molar-refractivity contribution is 0.0601. The molecule has 0 spiro atoms. The number of rotatable bonds is 5. The molecule has 0 atom stereocenters. The maximum absolute atomic E-state index is 11.7. The van der Waals surface area contributed by atoms with E-state index in [2.05, 4.69) is 15.3 Å². The van der Waals surface area contributed by atoms with Crippen LogP contribution in [0.3, 0.4) is 0 Å². The number of aromatic nitrogens is 2. The summed E-state index contributed by atoms with van der Waals surface area (Å²) in [4.78, 5) is 20.6. The van der Waals surface area contributed by atoms with Gasteiger partial charge >= 0.3 is 5.97 Å². The molecule has 0 bridgehead atoms. The molecule has 0 unspecified atom stereocenters. The number of methoxy groups -OCH3 is 2. The Morgan fingerprint density at radius 1 is 1.00 bits per heavy atom. The number of nitrogens with zero attached hydrogens (tertiary/aromatic N) is 2. The number of hydrogen-bond acceptors (Lipinski definition) is 6. The quantitative estimate of drug-likeness (QED) is 0.655. The molecule has 7 heteroatoms. The molecule has 0 saturated heterocycles. The minimum absolute atomic E-state index is 0. The van der Waals surface area contributed by atoms with Gasteiger partial charge in [0.15, 0.2) is 0 Å². The molecule has 0 amide bonds. The molecular formula is C20H20ClN3O3. The van der Waals surface area contributed by atoms with Crippen molar-refractivity contribution in [3.05, 3.63) is 66.0 Å². The minimum atomic E-state index is -0.383. The number of carbonyl (C=O) groups excluding carboxylic acids is 1. The van der Waals surface area contributed by atoms with E-state index in [1.54, 1.807) is 25.3 Å². The first-order valence-corrected chi connectivity index (χ1v) is 8.04. The predicted molar refractivity (Wildman–Crippen MR) is 107 cm³/mol. The van der Waals surface area contributed by atoms with E-state index in [-0.39, 0.29) is 18.4 Å². The number of nitrogens with one attached hydrogen (secondary N) is 1. The van der Waals surface area contributed by atoms with Crippen LogP contribution in [0.15, 0.2) is 54.6 Å². The summed E-state index contributed by atoms with van der Waals surface area (Å²) in [6, 6.07) is 16.6. The Kier molecular flexibility index (Phi) is 6.73. The van der Waals surface area contributed by atoms with Crippen molar-refractivity contribution in [2.45, 2.75) is 6.92 Å². The zero-order valence-corrected chi connectivity index (χ0v) is 16.0. The van der Waals surface area contributed by atoms with Gasteiger partial charge in [-0.05, 0) is 49.4 Å². The van der Waals surface area contributed by atoms with Crippen molar-refractivity contribution in [2.75, 3.05) is 19.5 Å². The van der Waals surface area contributed by atoms with E-state index in [0.717, 1.165) is 22.7 Å². The Morgan fingerprint density at radius 2 is 1.74 bits per heavy atom. The van der Waals surface area contributed by atoms with E-state index in [4.69, 9.17) is 9.47 Å². The van der Waals surface area contributed by atoms with Crippen molar-refractivity contribution >= 4 is 29.9 Å². The van der Waals surface area contributed by atoms with Crippen LogP contribution in [0.4, 0.5) is 11.5 Å². The molecule has 6 nitrogen and oxygen atoms in total. The van der Waals surface area contributed by atoms with Gasteiger partial charge in [0.05, 0.1) is 25.5 Å². The number of anilines is 2. The molecule has 0 aliphatic carbocycles. The maximum Gasteiger partial charge on any atom is 0.337 e. The first-order valence-electron chi connectivity index (χ1n) is 8.04. The summed E-state index contributed by atoms with van der Waals surface area (Å²) in [7, 11) is 2.99. The van der Waals surface area contributed by atoms with E-state index in [1.807, 2.05) is 43.3 Å². The van der Waals surface area contributed by atoms with Gasteiger partial charge in [0.2, 0.25) is 0 Å². The molecule has 1 heterocycles. The Bertz CT molecular complexity index is 930. The third-order valence-electron chi connectivity index (χ3n) is 3.78. The second kappa shape index (κ2) is 9.00. The van der Waals surface area contributed by atoms with Gasteiger partial charge in [-0.2, -0.15) is 0 Å². The van der Waals surface area contributed by atoms with Gasteiger partial charge < -0.3 is 14.8 Å². The Balaban J connectivity index is 0.00000261. The molecule has 3 aromatic rings. The van der Waals surface area contributed by atoms with Crippen molar-refractivity contribution in [1.82, 2.24) is 9.97 Å². The van der Waals surface area contributed by atoms with Crippen molar-refractivity contribution in [3.8, 4) is 17.0 Å². The third-order valence-corrected chi connectivity index (χ3v) is 3.78. The SMILES string of the molecule is COC(=O)c1cccc(Nc2cc(-c3ccc(OC)cc3)nc(C)n2)c1.Cl. The average Bonchev–Trinajstić information content (AvgIpc) is 2.67. The normalized spacial score (nSPS) is 9.89. The predicted octanol–water partition coefficient (Wildman–Crippen LogP) is 4.41. The third kappa shape index (κ3) is 4.95. The minimum Gasteiger partial charge on any atom is -0.497 e. The monoisotopic (exact) mass is 385 g/mol. The summed E-state index contributed by atoms with van der Waals surface area (Å²) in [5, 5.41) is 3.21. The van der Waals surface area contributed by atoms with Crippen LogP contribution >= 0.6 is 12.4 Å². The smallest absolute Gasteiger partial charge is 0.337 e. The summed E-state index contributed by atoms with van der Waals surface area (Å²) >= 11 is 0. The molecular weight excluding hydrogens is 366 g/mol. The molecule has 0 saturated carbocycles. The zero-order valence-electron chi connectivity index (χ0n) is 15.2. The number of hydrogen-bond donors (Lipinski definition) is 1. The van der Waals surface area contributed by atoms with E-state index in [1.165, 1.54) is 7.11 Å². The van der Waals surface area contributed by atoms with Gasteiger partial charge in [-0.1, -0.05) is 6.07 Å². The lowest BCUT2D eigenvalue weighted by Crippen LogP contribution is -2.03. The van der Waals surface area contributed by atoms with Crippen LogP contribution in [0.1, 0.15) is 16.2 Å². The first kappa shape index (κ1) is 20.2. The van der Waals surface area contributed by atoms with Gasteiger partial charge in [0.25, 0.3) is 0 Å². The van der Waals surface area contributed by atoms with E-state index >= 15 is 0 Å². The molecule has 1 N–H and O–H groups in total. The Morgan fingerprint density at radius 3 is 2.41 bits per heavy atom. The molecule has 0 aliphatic heterocycles. The fourth-order valence-electron chi connectivity index (χ4n) is 2.53. The average molecular weight is 386 g/mol. The van der Waals surface area contributed by atoms with Crippen molar-refractivity contribution < 1.29 is 14.3 Å². The Hall–Kier alpha value is -3.12. The number of aryl methyl sites for hydroxylation is 1. The second-order valence-corrected chi connectivity index (χ2v) is 5.61. The van der Waals surface area contributed by atoms with Gasteiger partial charge in [-0.25, -0.2) is 14.8 Å². The molecule has 0 fully saturated rings. The fourth-order valence-corrected chi connectivity index (χ4v) is 2.53. The molecule has 3 rings (SSSR count). The lowest BCUT2D eigenvalue weighted by Gasteiger charge is -2.10. The van der Waals surface area contributed by atoms with E-state index < -0.39 is 0 Å². The van der Waals surface area contributed by atoms with Crippen LogP contribution in [-0.4, -0.2) is 30.2 Å².